The first-order valence-corrected chi connectivity index (χ1v) is 6.37. The first-order valence-electron chi connectivity index (χ1n) is 6.37. The fourth-order valence-corrected chi connectivity index (χ4v) is 1.66. The molecule has 0 radical (unpaired) electrons. The summed E-state index contributed by atoms with van der Waals surface area (Å²) in [5, 5.41) is 9.90. The van der Waals surface area contributed by atoms with Gasteiger partial charge in [0.15, 0.2) is 5.78 Å². The Morgan fingerprint density at radius 3 is 2.41 bits per heavy atom. The zero-order valence-electron chi connectivity index (χ0n) is 12.1. The number of benzene rings is 1. The van der Waals surface area contributed by atoms with E-state index in [9.17, 15) is 19.5 Å². The van der Waals surface area contributed by atoms with Crippen molar-refractivity contribution >= 4 is 17.6 Å². The van der Waals surface area contributed by atoms with E-state index in [4.69, 9.17) is 17.2 Å². The molecule has 22 heavy (non-hydrogen) atoms. The first kappa shape index (κ1) is 17.2. The highest BCUT2D eigenvalue weighted by molar-refractivity contribution is 6.09. The molecule has 2 amide bonds. The number of ketones is 1. The molecule has 0 bridgehead atoms. The van der Waals surface area contributed by atoms with E-state index in [-0.39, 0.29) is 23.4 Å². The smallest absolute Gasteiger partial charge is 0.264 e. The number of aromatic hydroxyl groups is 1. The van der Waals surface area contributed by atoms with Gasteiger partial charge in [0.05, 0.1) is 5.56 Å². The van der Waals surface area contributed by atoms with Crippen molar-refractivity contribution in [1.82, 2.24) is 4.90 Å². The summed E-state index contributed by atoms with van der Waals surface area (Å²) >= 11 is 0. The lowest BCUT2D eigenvalue weighted by atomic mass is 10.1. The quantitative estimate of drug-likeness (QED) is 0.388. The van der Waals surface area contributed by atoms with E-state index in [1.807, 2.05) is 0 Å². The number of nitrogens with two attached hydrogens (primary N) is 3. The van der Waals surface area contributed by atoms with Crippen molar-refractivity contribution in [2.75, 3.05) is 20.1 Å². The highest BCUT2D eigenvalue weighted by Gasteiger charge is 2.17. The molecule has 0 saturated heterocycles. The van der Waals surface area contributed by atoms with Gasteiger partial charge in [-0.05, 0) is 18.2 Å². The van der Waals surface area contributed by atoms with Crippen LogP contribution in [-0.4, -0.2) is 47.7 Å². The van der Waals surface area contributed by atoms with Crippen LogP contribution in [0.4, 0.5) is 0 Å². The summed E-state index contributed by atoms with van der Waals surface area (Å²) in [4.78, 5) is 36.0. The average Bonchev–Trinajstić information content (AvgIpc) is 2.46. The Morgan fingerprint density at radius 1 is 1.27 bits per heavy atom. The van der Waals surface area contributed by atoms with E-state index in [0.29, 0.717) is 6.54 Å². The maximum absolute atomic E-state index is 12.0. The van der Waals surface area contributed by atoms with Crippen LogP contribution in [0.3, 0.4) is 0 Å². The normalized spacial score (nSPS) is 11.1. The minimum atomic E-state index is -0.923. The monoisotopic (exact) mass is 306 g/mol. The number of likely N-dealkylation sites (N-methyl/N-ethyl adjacent to an activating group) is 1. The number of primary amides is 1. The number of amides is 2. The van der Waals surface area contributed by atoms with E-state index in [2.05, 4.69) is 0 Å². The third kappa shape index (κ3) is 4.06. The van der Waals surface area contributed by atoms with Gasteiger partial charge in [0.1, 0.15) is 11.4 Å². The first-order chi connectivity index (χ1) is 10.3. The SMILES string of the molecule is CN(CCN)C(=O)c1ccc(C(=O)C=C(N)C(N)=O)cc1O. The van der Waals surface area contributed by atoms with E-state index in [1.165, 1.54) is 17.0 Å². The molecule has 8 nitrogen and oxygen atoms in total. The summed E-state index contributed by atoms with van der Waals surface area (Å²) in [5.41, 5.74) is 15.3. The Kier molecular flexibility index (Phi) is 5.65. The molecule has 1 aromatic carbocycles. The van der Waals surface area contributed by atoms with E-state index in [0.717, 1.165) is 12.1 Å². The number of nitrogens with zero attached hydrogens (tertiary/aromatic N) is 1. The Morgan fingerprint density at radius 2 is 1.91 bits per heavy atom. The molecule has 0 spiro atoms. The summed E-state index contributed by atoms with van der Waals surface area (Å²) in [6.45, 7) is 0.619. The summed E-state index contributed by atoms with van der Waals surface area (Å²) in [6.07, 6.45) is 0.860. The largest absolute Gasteiger partial charge is 0.507 e. The van der Waals surface area contributed by atoms with Gasteiger partial charge in [0.2, 0.25) is 0 Å². The van der Waals surface area contributed by atoms with Crippen LogP contribution in [0.25, 0.3) is 0 Å². The summed E-state index contributed by atoms with van der Waals surface area (Å²) < 4.78 is 0. The maximum atomic E-state index is 12.0. The number of phenolic OH excluding ortho intramolecular Hbond substituents is 1. The van der Waals surface area contributed by atoms with E-state index >= 15 is 0 Å². The third-order valence-corrected chi connectivity index (χ3v) is 2.89. The lowest BCUT2D eigenvalue weighted by molar-refractivity contribution is -0.114. The fourth-order valence-electron chi connectivity index (χ4n) is 1.66. The van der Waals surface area contributed by atoms with Crippen molar-refractivity contribution in [3.8, 4) is 5.75 Å². The molecule has 0 aliphatic rings. The summed E-state index contributed by atoms with van der Waals surface area (Å²) in [5.74, 6) is -2.31. The van der Waals surface area contributed by atoms with Crippen molar-refractivity contribution in [2.45, 2.75) is 0 Å². The molecule has 0 aliphatic heterocycles. The Balaban J connectivity index is 3.04. The highest BCUT2D eigenvalue weighted by atomic mass is 16.3. The van der Waals surface area contributed by atoms with Gasteiger partial charge in [0.25, 0.3) is 11.8 Å². The number of allylic oxidation sites excluding steroid dienone is 1. The minimum absolute atomic E-state index is 0.0411. The van der Waals surface area contributed by atoms with Crippen LogP contribution in [0.2, 0.25) is 0 Å². The van der Waals surface area contributed by atoms with Gasteiger partial charge < -0.3 is 27.2 Å². The van der Waals surface area contributed by atoms with Gasteiger partial charge in [-0.1, -0.05) is 0 Å². The zero-order valence-corrected chi connectivity index (χ0v) is 12.1. The molecule has 1 aromatic rings. The van der Waals surface area contributed by atoms with Crippen molar-refractivity contribution < 1.29 is 19.5 Å². The maximum Gasteiger partial charge on any atom is 0.264 e. The lowest BCUT2D eigenvalue weighted by Gasteiger charge is -2.16. The zero-order chi connectivity index (χ0) is 16.9. The molecule has 118 valence electrons. The molecule has 0 heterocycles. The number of hydrogen-bond acceptors (Lipinski definition) is 6. The van der Waals surface area contributed by atoms with Gasteiger partial charge in [0, 0.05) is 31.8 Å². The molecular weight excluding hydrogens is 288 g/mol. The van der Waals surface area contributed by atoms with E-state index in [1.54, 1.807) is 7.05 Å². The second-order valence-electron chi connectivity index (χ2n) is 4.58. The average molecular weight is 306 g/mol. The molecular formula is C14H18N4O4. The molecule has 0 aromatic heterocycles. The summed E-state index contributed by atoms with van der Waals surface area (Å²) in [6, 6.07) is 3.78. The van der Waals surface area contributed by atoms with Crippen LogP contribution in [0, 0.1) is 0 Å². The highest BCUT2D eigenvalue weighted by Crippen LogP contribution is 2.21. The number of hydrogen-bond donors (Lipinski definition) is 4. The second kappa shape index (κ2) is 7.23. The topological polar surface area (TPSA) is 153 Å². The van der Waals surface area contributed by atoms with Crippen molar-refractivity contribution in [3.63, 3.8) is 0 Å². The van der Waals surface area contributed by atoms with Crippen LogP contribution in [-0.2, 0) is 4.79 Å². The van der Waals surface area contributed by atoms with Gasteiger partial charge in [-0.25, -0.2) is 0 Å². The molecule has 0 aliphatic carbocycles. The molecule has 0 fully saturated rings. The molecule has 8 heteroatoms. The van der Waals surface area contributed by atoms with Gasteiger partial charge >= 0.3 is 0 Å². The molecule has 1 rings (SSSR count). The fraction of sp³-hybridized carbons (Fsp3) is 0.214. The van der Waals surface area contributed by atoms with Crippen LogP contribution < -0.4 is 17.2 Å². The molecule has 7 N–H and O–H groups in total. The Labute approximate surface area is 127 Å². The van der Waals surface area contributed by atoms with Crippen LogP contribution in [0.15, 0.2) is 30.0 Å². The Hall–Kier alpha value is -2.87. The predicted molar refractivity (Wildman–Crippen MR) is 79.9 cm³/mol. The van der Waals surface area contributed by atoms with Gasteiger partial charge in [-0.2, -0.15) is 0 Å². The van der Waals surface area contributed by atoms with Crippen LogP contribution >= 0.6 is 0 Å². The molecule has 0 unspecified atom stereocenters. The number of carbonyl (C=O) groups is 3. The molecule has 0 saturated carbocycles. The van der Waals surface area contributed by atoms with E-state index < -0.39 is 23.3 Å². The standard InChI is InChI=1S/C14H18N4O4/c1-18(5-4-15)14(22)9-3-2-8(6-12(9)20)11(19)7-10(16)13(17)21/h2-3,6-7,20H,4-5,15-16H2,1H3,(H2,17,21). The van der Waals surface area contributed by atoms with Crippen LogP contribution in [0.1, 0.15) is 20.7 Å². The predicted octanol–water partition coefficient (Wildman–Crippen LogP) is -1.07. The number of phenols is 1. The lowest BCUT2D eigenvalue weighted by Crippen LogP contribution is -2.31. The van der Waals surface area contributed by atoms with Gasteiger partial charge in [-0.15, -0.1) is 0 Å². The molecule has 0 atom stereocenters. The van der Waals surface area contributed by atoms with Gasteiger partial charge in [-0.3, -0.25) is 14.4 Å². The Bertz CT molecular complexity index is 640. The third-order valence-electron chi connectivity index (χ3n) is 2.89. The van der Waals surface area contributed by atoms with Crippen LogP contribution in [0.5, 0.6) is 5.75 Å². The summed E-state index contributed by atoms with van der Waals surface area (Å²) in [7, 11) is 1.55. The van der Waals surface area contributed by atoms with Crippen molar-refractivity contribution in [2.24, 2.45) is 17.2 Å². The van der Waals surface area contributed by atoms with Crippen molar-refractivity contribution in [3.05, 3.63) is 41.1 Å². The van der Waals surface area contributed by atoms with Crippen molar-refractivity contribution in [1.29, 1.82) is 0 Å². The second-order valence-corrected chi connectivity index (χ2v) is 4.58. The number of rotatable bonds is 6. The minimum Gasteiger partial charge on any atom is -0.507 e. The number of carbonyl (C=O) groups excluding carboxylic acids is 3.